The quantitative estimate of drug-likeness (QED) is 0.0856. The summed E-state index contributed by atoms with van der Waals surface area (Å²) < 4.78 is 0. The third-order valence-corrected chi connectivity index (χ3v) is 11.4. The first-order valence-corrected chi connectivity index (χ1v) is 18.5. The zero-order valence-electron chi connectivity index (χ0n) is 25.6. The van der Waals surface area contributed by atoms with Crippen LogP contribution in [0.1, 0.15) is 82.5 Å². The van der Waals surface area contributed by atoms with Gasteiger partial charge in [-0.25, -0.2) is 0 Å². The van der Waals surface area contributed by atoms with Gasteiger partial charge in [0.1, 0.15) is 0 Å². The Kier molecular flexibility index (Phi) is 12.8. The molecular weight excluding hydrogens is 570 g/mol. The third-order valence-electron chi connectivity index (χ3n) is 8.53. The smallest absolute Gasteiger partial charge is 0.0467 e. The van der Waals surface area contributed by atoms with E-state index in [9.17, 15) is 0 Å². The Morgan fingerprint density at radius 2 is 0.636 bits per heavy atom. The van der Waals surface area contributed by atoms with Crippen LogP contribution in [0.2, 0.25) is 0 Å². The van der Waals surface area contributed by atoms with E-state index in [1.165, 1.54) is 46.2 Å². The maximum absolute atomic E-state index is 6.67. The summed E-state index contributed by atoms with van der Waals surface area (Å²) in [6.45, 7) is 0. The van der Waals surface area contributed by atoms with Crippen molar-refractivity contribution in [3.8, 4) is 0 Å². The van der Waals surface area contributed by atoms with E-state index in [1.807, 2.05) is 0 Å². The number of benzene rings is 5. The molecule has 4 atom stereocenters. The van der Waals surface area contributed by atoms with Crippen molar-refractivity contribution in [3.05, 3.63) is 179 Å². The first-order valence-electron chi connectivity index (χ1n) is 16.0. The zero-order chi connectivity index (χ0) is 30.4. The van der Waals surface area contributed by atoms with Gasteiger partial charge in [0.25, 0.3) is 0 Å². The summed E-state index contributed by atoms with van der Waals surface area (Å²) in [5.41, 5.74) is 21.4. The van der Waals surface area contributed by atoms with Crippen molar-refractivity contribution in [2.75, 3.05) is 12.3 Å². The summed E-state index contributed by atoms with van der Waals surface area (Å²) in [6, 6.07) is 52.4. The standard InChI is InChI=1S/C40H46N2P2/c41-39(43-29-13-23-37(31-15-5-1-6-16-31)32-17-7-2-8-18-32)35-25-27-36(28-26-35)40(42)44-30-14-24-38(33-19-9-3-10-20-33)34-21-11-4-12-22-34/h1-12,15-22,25-28,37-40,43-44H,13-14,23-24,29-30,41-42H2. The van der Waals surface area contributed by atoms with Crippen molar-refractivity contribution in [2.24, 2.45) is 11.5 Å². The summed E-state index contributed by atoms with van der Waals surface area (Å²) in [5, 5.41) is 0. The molecule has 0 bridgehead atoms. The second kappa shape index (κ2) is 17.4. The average Bonchev–Trinajstić information content (AvgIpc) is 3.09. The fraction of sp³-hybridized carbons (Fsp3) is 0.250. The summed E-state index contributed by atoms with van der Waals surface area (Å²) >= 11 is 0. The molecule has 0 aromatic heterocycles. The fourth-order valence-corrected chi connectivity index (χ4v) is 8.36. The molecule has 5 rings (SSSR count). The van der Waals surface area contributed by atoms with Gasteiger partial charge in [-0.05, 0) is 71.4 Å². The maximum Gasteiger partial charge on any atom is 0.0467 e. The SMILES string of the molecule is NC(PCCCC(c1ccccc1)c1ccccc1)c1ccc(C(N)PCCCC(c2ccccc2)c2ccccc2)cc1. The van der Waals surface area contributed by atoms with Crippen molar-refractivity contribution in [1.29, 1.82) is 0 Å². The molecule has 2 nitrogen and oxygen atoms in total. The molecular formula is C40H46N2P2. The molecule has 0 aliphatic rings. The van der Waals surface area contributed by atoms with Crippen LogP contribution in [0.15, 0.2) is 146 Å². The zero-order valence-corrected chi connectivity index (χ0v) is 27.6. The van der Waals surface area contributed by atoms with Crippen LogP contribution in [0.25, 0.3) is 0 Å². The van der Waals surface area contributed by atoms with Crippen LogP contribution in [-0.4, -0.2) is 12.3 Å². The molecule has 4 heteroatoms. The number of nitrogens with two attached hydrogens (primary N) is 2. The minimum atomic E-state index is 0.0857. The fourth-order valence-electron chi connectivity index (χ4n) is 6.07. The summed E-state index contributed by atoms with van der Waals surface area (Å²) in [4.78, 5) is 0. The van der Waals surface area contributed by atoms with Crippen LogP contribution in [-0.2, 0) is 0 Å². The molecule has 0 amide bonds. The number of hydrogen-bond acceptors (Lipinski definition) is 2. The predicted molar refractivity (Wildman–Crippen MR) is 195 cm³/mol. The minimum Gasteiger partial charge on any atom is -0.321 e. The van der Waals surface area contributed by atoms with E-state index >= 15 is 0 Å². The van der Waals surface area contributed by atoms with Gasteiger partial charge >= 0.3 is 0 Å². The third kappa shape index (κ3) is 9.44. The highest BCUT2D eigenvalue weighted by atomic mass is 31.1. The van der Waals surface area contributed by atoms with Crippen LogP contribution in [0.5, 0.6) is 0 Å². The highest BCUT2D eigenvalue weighted by Gasteiger charge is 2.16. The van der Waals surface area contributed by atoms with Gasteiger partial charge in [-0.15, -0.1) is 0 Å². The van der Waals surface area contributed by atoms with E-state index in [2.05, 4.69) is 146 Å². The van der Waals surface area contributed by atoms with Gasteiger partial charge < -0.3 is 11.5 Å². The molecule has 0 spiro atoms. The highest BCUT2D eigenvalue weighted by molar-refractivity contribution is 7.38. The van der Waals surface area contributed by atoms with Crippen LogP contribution in [0.3, 0.4) is 0 Å². The molecule has 4 unspecified atom stereocenters. The lowest BCUT2D eigenvalue weighted by Gasteiger charge is -2.20. The molecule has 4 N–H and O–H groups in total. The van der Waals surface area contributed by atoms with Gasteiger partial charge in [0.05, 0.1) is 0 Å². The lowest BCUT2D eigenvalue weighted by atomic mass is 9.88. The second-order valence-corrected chi connectivity index (χ2v) is 14.6. The van der Waals surface area contributed by atoms with Gasteiger partial charge in [0.15, 0.2) is 0 Å². The average molecular weight is 617 g/mol. The molecule has 44 heavy (non-hydrogen) atoms. The summed E-state index contributed by atoms with van der Waals surface area (Å²) in [6.07, 6.45) is 6.90. The summed E-state index contributed by atoms with van der Waals surface area (Å²) in [7, 11) is 1.42. The van der Waals surface area contributed by atoms with Crippen molar-refractivity contribution < 1.29 is 0 Å². The molecule has 0 heterocycles. The Morgan fingerprint density at radius 1 is 0.364 bits per heavy atom. The van der Waals surface area contributed by atoms with Gasteiger partial charge in [-0.2, -0.15) is 0 Å². The molecule has 0 saturated carbocycles. The van der Waals surface area contributed by atoms with E-state index in [0.29, 0.717) is 29.0 Å². The Balaban J connectivity index is 1.07. The van der Waals surface area contributed by atoms with Crippen LogP contribution >= 0.6 is 17.2 Å². The Hall–Kier alpha value is -3.12. The van der Waals surface area contributed by atoms with Crippen molar-refractivity contribution in [3.63, 3.8) is 0 Å². The van der Waals surface area contributed by atoms with Gasteiger partial charge in [0, 0.05) is 23.4 Å². The lowest BCUT2D eigenvalue weighted by molar-refractivity contribution is 0.701. The number of rotatable bonds is 16. The Labute approximate surface area is 268 Å². The molecule has 0 fully saturated rings. The van der Waals surface area contributed by atoms with E-state index < -0.39 is 0 Å². The molecule has 226 valence electrons. The Bertz CT molecular complexity index is 1280. The normalized spacial score (nSPS) is 13.4. The number of hydrogen-bond donors (Lipinski definition) is 2. The second-order valence-electron chi connectivity index (χ2n) is 11.6. The molecule has 0 aliphatic carbocycles. The monoisotopic (exact) mass is 616 g/mol. The van der Waals surface area contributed by atoms with Gasteiger partial charge in [-0.3, -0.25) is 0 Å². The first kappa shape index (κ1) is 32.3. The molecule has 5 aromatic carbocycles. The Morgan fingerprint density at radius 3 is 0.909 bits per heavy atom. The first-order chi connectivity index (χ1) is 21.7. The van der Waals surface area contributed by atoms with Crippen molar-refractivity contribution >= 4 is 17.2 Å². The highest BCUT2D eigenvalue weighted by Crippen LogP contribution is 2.37. The van der Waals surface area contributed by atoms with E-state index in [0.717, 1.165) is 25.2 Å². The predicted octanol–water partition coefficient (Wildman–Crippen LogP) is 10.2. The topological polar surface area (TPSA) is 52.0 Å². The molecule has 0 aliphatic heterocycles. The van der Waals surface area contributed by atoms with E-state index in [1.54, 1.807) is 0 Å². The minimum absolute atomic E-state index is 0.0857. The van der Waals surface area contributed by atoms with E-state index in [-0.39, 0.29) is 11.6 Å². The van der Waals surface area contributed by atoms with Gasteiger partial charge in [-0.1, -0.05) is 163 Å². The maximum atomic E-state index is 6.67. The van der Waals surface area contributed by atoms with Crippen LogP contribution < -0.4 is 11.5 Å². The lowest BCUT2D eigenvalue weighted by Crippen LogP contribution is -2.08. The molecule has 5 aromatic rings. The molecule has 0 saturated heterocycles. The van der Waals surface area contributed by atoms with Crippen LogP contribution in [0.4, 0.5) is 0 Å². The van der Waals surface area contributed by atoms with Crippen molar-refractivity contribution in [2.45, 2.75) is 49.1 Å². The van der Waals surface area contributed by atoms with Crippen molar-refractivity contribution in [1.82, 2.24) is 0 Å². The van der Waals surface area contributed by atoms with Gasteiger partial charge in [0.2, 0.25) is 0 Å². The van der Waals surface area contributed by atoms with E-state index in [4.69, 9.17) is 11.5 Å². The molecule has 0 radical (unpaired) electrons. The van der Waals surface area contributed by atoms with Crippen LogP contribution in [0, 0.1) is 0 Å². The largest absolute Gasteiger partial charge is 0.321 e. The summed E-state index contributed by atoms with van der Waals surface area (Å²) in [5.74, 6) is 1.04.